The Labute approximate surface area is 237 Å². The van der Waals surface area contributed by atoms with E-state index >= 15 is 0 Å². The maximum absolute atomic E-state index is 14.1. The number of para-hydroxylation sites is 1. The Morgan fingerprint density at radius 3 is 2.59 bits per heavy atom. The normalized spacial score (nSPS) is 18.3. The van der Waals surface area contributed by atoms with Crippen LogP contribution in [0.15, 0.2) is 46.2 Å². The Balaban J connectivity index is 1.68. The first-order chi connectivity index (χ1) is 19.5. The molecule has 2 aromatic heterocycles. The van der Waals surface area contributed by atoms with Crippen molar-refractivity contribution in [1.29, 1.82) is 0 Å². The molecule has 2 aliphatic heterocycles. The fourth-order valence-electron chi connectivity index (χ4n) is 5.01. The molecule has 0 radical (unpaired) electrons. The molecule has 15 heteroatoms. The third-order valence-electron chi connectivity index (χ3n) is 7.26. The van der Waals surface area contributed by atoms with Crippen LogP contribution in [0.2, 0.25) is 0 Å². The lowest BCUT2D eigenvalue weighted by Crippen LogP contribution is -2.63. The first kappa shape index (κ1) is 28.6. The van der Waals surface area contributed by atoms with E-state index in [2.05, 4.69) is 9.97 Å². The number of carbonyl (C=O) groups is 2. The highest BCUT2D eigenvalue weighted by molar-refractivity contribution is 7.90. The highest BCUT2D eigenvalue weighted by Gasteiger charge is 2.54. The van der Waals surface area contributed by atoms with Gasteiger partial charge in [-0.1, -0.05) is 18.2 Å². The van der Waals surface area contributed by atoms with Crippen LogP contribution in [0.3, 0.4) is 0 Å². The first-order valence-corrected chi connectivity index (χ1v) is 14.4. The predicted octanol–water partition coefficient (Wildman–Crippen LogP) is 2.22. The topological polar surface area (TPSA) is 172 Å². The average molecular weight is 589 g/mol. The van der Waals surface area contributed by atoms with E-state index in [0.29, 0.717) is 41.7 Å². The number of benzene rings is 1. The van der Waals surface area contributed by atoms with E-state index in [9.17, 15) is 18.0 Å². The smallest absolute Gasteiger partial charge is 0.340 e. The molecule has 4 heterocycles. The summed E-state index contributed by atoms with van der Waals surface area (Å²) in [6.07, 6.45) is 3.03. The van der Waals surface area contributed by atoms with Crippen molar-refractivity contribution in [2.75, 3.05) is 31.8 Å². The number of imidazole rings is 1. The zero-order valence-corrected chi connectivity index (χ0v) is 24.0. The van der Waals surface area contributed by atoms with Crippen LogP contribution in [0.25, 0.3) is 11.7 Å². The number of oxazole rings is 1. The van der Waals surface area contributed by atoms with Gasteiger partial charge < -0.3 is 28.9 Å². The Bertz CT molecular complexity index is 1550. The lowest BCUT2D eigenvalue weighted by atomic mass is 10.0. The summed E-state index contributed by atoms with van der Waals surface area (Å²) >= 11 is 0. The van der Waals surface area contributed by atoms with Gasteiger partial charge in [0.1, 0.15) is 23.7 Å². The minimum absolute atomic E-state index is 0.0462. The molecule has 1 aromatic carbocycles. The molecule has 5 rings (SSSR count). The number of nitrogens with zero attached hydrogens (tertiary/aromatic N) is 5. The number of rotatable bonds is 9. The maximum atomic E-state index is 14.1. The second kappa shape index (κ2) is 10.8. The van der Waals surface area contributed by atoms with E-state index in [4.69, 9.17) is 24.4 Å². The molecular weight excluding hydrogens is 556 g/mol. The SMILES string of the molecule is COc1ccccc1[C@H](CN1C(=O)N(C(C)(C)C(N)=O)S(=O)(=O)c2c1nc(-c1ncco1)n2C)OC1CCOCC1. The summed E-state index contributed by atoms with van der Waals surface area (Å²) in [5.74, 6) is -0.521. The van der Waals surface area contributed by atoms with Crippen molar-refractivity contribution in [3.8, 4) is 17.5 Å². The fraction of sp³-hybridized carbons (Fsp3) is 0.462. The number of aromatic nitrogens is 3. The van der Waals surface area contributed by atoms with Crippen molar-refractivity contribution < 1.29 is 36.6 Å². The van der Waals surface area contributed by atoms with Crippen LogP contribution >= 0.6 is 0 Å². The molecule has 220 valence electrons. The van der Waals surface area contributed by atoms with Crippen molar-refractivity contribution in [3.63, 3.8) is 0 Å². The number of hydrogen-bond acceptors (Lipinski definition) is 10. The summed E-state index contributed by atoms with van der Waals surface area (Å²) in [5.41, 5.74) is 4.34. The predicted molar refractivity (Wildman–Crippen MR) is 144 cm³/mol. The number of sulfonamides is 1. The molecule has 2 aliphatic rings. The number of hydrogen-bond donors (Lipinski definition) is 1. The highest BCUT2D eigenvalue weighted by Crippen LogP contribution is 2.42. The van der Waals surface area contributed by atoms with E-state index in [0.717, 1.165) is 0 Å². The van der Waals surface area contributed by atoms with Gasteiger partial charge in [0.05, 0.1) is 26.0 Å². The largest absolute Gasteiger partial charge is 0.496 e. The number of amides is 3. The van der Waals surface area contributed by atoms with Gasteiger partial charge in [-0.05, 0) is 32.8 Å². The number of nitrogens with two attached hydrogens (primary N) is 1. The Hall–Kier alpha value is -3.95. The molecule has 41 heavy (non-hydrogen) atoms. The number of urea groups is 1. The van der Waals surface area contributed by atoms with Crippen molar-refractivity contribution >= 4 is 27.8 Å². The summed E-state index contributed by atoms with van der Waals surface area (Å²) < 4.78 is 52.7. The summed E-state index contributed by atoms with van der Waals surface area (Å²) in [6.45, 7) is 3.43. The molecule has 14 nitrogen and oxygen atoms in total. The Morgan fingerprint density at radius 2 is 1.95 bits per heavy atom. The van der Waals surface area contributed by atoms with Crippen LogP contribution < -0.4 is 15.4 Å². The summed E-state index contributed by atoms with van der Waals surface area (Å²) in [4.78, 5) is 36.4. The van der Waals surface area contributed by atoms with Crippen molar-refractivity contribution in [3.05, 3.63) is 42.3 Å². The molecule has 0 unspecified atom stereocenters. The lowest BCUT2D eigenvalue weighted by Gasteiger charge is -2.42. The number of carbonyl (C=O) groups excluding carboxylic acids is 2. The second-order valence-electron chi connectivity index (χ2n) is 10.2. The molecule has 1 fully saturated rings. The first-order valence-electron chi connectivity index (χ1n) is 13.0. The van der Waals surface area contributed by atoms with Gasteiger partial charge in [-0.3, -0.25) is 9.69 Å². The van der Waals surface area contributed by atoms with Crippen molar-refractivity contribution in [2.45, 2.75) is 49.5 Å². The van der Waals surface area contributed by atoms with E-state index in [1.54, 1.807) is 6.07 Å². The van der Waals surface area contributed by atoms with Crippen LogP contribution in [0.4, 0.5) is 10.6 Å². The molecule has 1 saturated heterocycles. The lowest BCUT2D eigenvalue weighted by molar-refractivity contribution is -0.124. The zero-order valence-electron chi connectivity index (χ0n) is 23.1. The monoisotopic (exact) mass is 588 g/mol. The van der Waals surface area contributed by atoms with Gasteiger partial charge in [-0.25, -0.2) is 19.1 Å². The standard InChI is InChI=1S/C26H32N6O8S/c1-26(2,24(27)33)32-25(34)31(21-23(41(32,35)36)30(3)20(29-21)22-28-11-14-39-22)15-19(40-16-9-12-38-13-10-16)17-7-5-6-8-18(17)37-4/h5-8,11,14,16,19H,9-10,12-13,15H2,1-4H3,(H2,27,33)/t19-/m0/s1. The third-order valence-corrected chi connectivity index (χ3v) is 9.30. The molecular formula is C26H32N6O8S. The average Bonchev–Trinajstić information content (AvgIpc) is 3.59. The third kappa shape index (κ3) is 4.93. The molecule has 1 atom stereocenters. The Kier molecular flexibility index (Phi) is 7.52. The van der Waals surface area contributed by atoms with Crippen LogP contribution in [-0.2, 0) is 31.3 Å². The van der Waals surface area contributed by atoms with Crippen LogP contribution in [0, 0.1) is 0 Å². The van der Waals surface area contributed by atoms with Crippen LogP contribution in [0.5, 0.6) is 5.75 Å². The zero-order chi connectivity index (χ0) is 29.5. The second-order valence-corrected chi connectivity index (χ2v) is 11.9. The van der Waals surface area contributed by atoms with E-state index in [-0.39, 0.29) is 35.2 Å². The number of methoxy groups -OCH3 is 1. The van der Waals surface area contributed by atoms with Gasteiger partial charge in [0.15, 0.2) is 11.6 Å². The van der Waals surface area contributed by atoms with Gasteiger partial charge in [0.25, 0.3) is 15.9 Å². The number of primary amides is 1. The van der Waals surface area contributed by atoms with Crippen LogP contribution in [0.1, 0.15) is 38.4 Å². The van der Waals surface area contributed by atoms with Gasteiger partial charge >= 0.3 is 6.03 Å². The van der Waals surface area contributed by atoms with E-state index in [1.807, 2.05) is 18.2 Å². The molecule has 0 saturated carbocycles. The quantitative estimate of drug-likeness (QED) is 0.391. The minimum atomic E-state index is -4.62. The Morgan fingerprint density at radius 1 is 1.24 bits per heavy atom. The van der Waals surface area contributed by atoms with E-state index in [1.165, 1.54) is 49.9 Å². The molecule has 3 amide bonds. The summed E-state index contributed by atoms with van der Waals surface area (Å²) in [7, 11) is -1.63. The molecule has 2 N–H and O–H groups in total. The summed E-state index contributed by atoms with van der Waals surface area (Å²) in [6, 6.07) is 6.21. The minimum Gasteiger partial charge on any atom is -0.496 e. The number of ether oxygens (including phenoxy) is 3. The van der Waals surface area contributed by atoms with Crippen LogP contribution in [-0.4, -0.2) is 77.7 Å². The van der Waals surface area contributed by atoms with Gasteiger partial charge in [-0.2, -0.15) is 8.42 Å². The van der Waals surface area contributed by atoms with Gasteiger partial charge in [0, 0.05) is 25.8 Å². The molecule has 0 spiro atoms. The summed E-state index contributed by atoms with van der Waals surface area (Å²) in [5, 5.41) is -0.329. The molecule has 0 aliphatic carbocycles. The van der Waals surface area contributed by atoms with E-state index < -0.39 is 33.6 Å². The molecule has 3 aromatic rings. The molecule has 0 bridgehead atoms. The fourth-order valence-corrected chi connectivity index (χ4v) is 7.00. The van der Waals surface area contributed by atoms with Gasteiger partial charge in [0.2, 0.25) is 10.9 Å². The highest BCUT2D eigenvalue weighted by atomic mass is 32.2. The number of anilines is 1. The van der Waals surface area contributed by atoms with Gasteiger partial charge in [-0.15, -0.1) is 0 Å². The van der Waals surface area contributed by atoms with Crippen molar-refractivity contribution in [1.82, 2.24) is 18.8 Å². The maximum Gasteiger partial charge on any atom is 0.340 e. The van der Waals surface area contributed by atoms with Crippen molar-refractivity contribution in [2.24, 2.45) is 12.8 Å². The number of fused-ring (bicyclic) bond motifs is 1.